The van der Waals surface area contributed by atoms with Gasteiger partial charge in [0.05, 0.1) is 12.3 Å². The highest BCUT2D eigenvalue weighted by atomic mass is 35.5. The van der Waals surface area contributed by atoms with Crippen molar-refractivity contribution in [2.75, 3.05) is 17.7 Å². The topological polar surface area (TPSA) is 77.2 Å². The number of nitrogens with one attached hydrogen (secondary N) is 1. The van der Waals surface area contributed by atoms with E-state index in [1.807, 2.05) is 6.92 Å². The lowest BCUT2D eigenvalue weighted by Crippen LogP contribution is -2.12. The number of pyridine rings is 1. The number of anilines is 2. The van der Waals surface area contributed by atoms with Crippen molar-refractivity contribution in [3.05, 3.63) is 47.2 Å². The molecule has 1 aromatic carbocycles. The Labute approximate surface area is 121 Å². The zero-order valence-electron chi connectivity index (χ0n) is 10.9. The highest BCUT2D eigenvalue weighted by Gasteiger charge is 2.09. The molecule has 1 aromatic heterocycles. The molecule has 6 heteroatoms. The molecule has 0 radical (unpaired) electrons. The third kappa shape index (κ3) is 3.39. The number of carbonyl (C=O) groups excluding carboxylic acids is 1. The first-order chi connectivity index (χ1) is 9.60. The molecule has 2 rings (SSSR count). The molecule has 0 aliphatic carbocycles. The number of nitrogens with zero attached hydrogens (tertiary/aromatic N) is 1. The quantitative estimate of drug-likeness (QED) is 0.670. The number of halogens is 1. The fourth-order valence-corrected chi connectivity index (χ4v) is 1.83. The van der Waals surface area contributed by atoms with Crippen LogP contribution in [-0.4, -0.2) is 17.5 Å². The monoisotopic (exact) mass is 291 g/mol. The van der Waals surface area contributed by atoms with Crippen LogP contribution in [0.4, 0.5) is 11.4 Å². The van der Waals surface area contributed by atoms with Crippen molar-refractivity contribution in [1.82, 2.24) is 4.98 Å². The van der Waals surface area contributed by atoms with Gasteiger partial charge in [0.1, 0.15) is 10.9 Å². The second kappa shape index (κ2) is 6.25. The molecule has 0 fully saturated rings. The first-order valence-corrected chi connectivity index (χ1v) is 6.43. The molecule has 20 heavy (non-hydrogen) atoms. The van der Waals surface area contributed by atoms with Gasteiger partial charge in [0.15, 0.2) is 0 Å². The SMILES string of the molecule is CCOc1ccc(C(=O)Nc2ccnc(Cl)c2)cc1N. The van der Waals surface area contributed by atoms with E-state index in [1.165, 1.54) is 6.20 Å². The Kier molecular flexibility index (Phi) is 4.42. The van der Waals surface area contributed by atoms with E-state index in [-0.39, 0.29) is 5.91 Å². The smallest absolute Gasteiger partial charge is 0.255 e. The van der Waals surface area contributed by atoms with Crippen LogP contribution in [0.15, 0.2) is 36.5 Å². The molecule has 0 aliphatic heterocycles. The van der Waals surface area contributed by atoms with Crippen molar-refractivity contribution >= 4 is 28.9 Å². The van der Waals surface area contributed by atoms with Crippen molar-refractivity contribution in [2.45, 2.75) is 6.92 Å². The molecule has 5 nitrogen and oxygen atoms in total. The lowest BCUT2D eigenvalue weighted by atomic mass is 10.1. The van der Waals surface area contributed by atoms with Crippen molar-refractivity contribution in [3.8, 4) is 5.75 Å². The Morgan fingerprint density at radius 1 is 1.40 bits per heavy atom. The highest BCUT2D eigenvalue weighted by molar-refractivity contribution is 6.29. The molecule has 0 bridgehead atoms. The van der Waals surface area contributed by atoms with E-state index in [4.69, 9.17) is 22.1 Å². The number of nitrogens with two attached hydrogens (primary N) is 1. The van der Waals surface area contributed by atoms with Crippen LogP contribution in [0.2, 0.25) is 5.15 Å². The Balaban J connectivity index is 2.15. The van der Waals surface area contributed by atoms with Crippen molar-refractivity contribution in [3.63, 3.8) is 0 Å². The van der Waals surface area contributed by atoms with Gasteiger partial charge in [0.25, 0.3) is 5.91 Å². The number of aromatic nitrogens is 1. The second-order valence-corrected chi connectivity index (χ2v) is 4.39. The van der Waals surface area contributed by atoms with Gasteiger partial charge >= 0.3 is 0 Å². The Morgan fingerprint density at radius 3 is 2.85 bits per heavy atom. The molecule has 104 valence electrons. The van der Waals surface area contributed by atoms with Crippen LogP contribution in [0, 0.1) is 0 Å². The van der Waals surface area contributed by atoms with Gasteiger partial charge in [0, 0.05) is 17.4 Å². The molecule has 0 saturated heterocycles. The summed E-state index contributed by atoms with van der Waals surface area (Å²) in [6, 6.07) is 8.12. The first kappa shape index (κ1) is 14.1. The standard InChI is InChI=1S/C14H14ClN3O2/c1-2-20-12-4-3-9(7-11(12)16)14(19)18-10-5-6-17-13(15)8-10/h3-8H,2,16H2,1H3,(H,17,18,19). The number of hydrogen-bond donors (Lipinski definition) is 2. The van der Waals surface area contributed by atoms with Gasteiger partial charge in [-0.25, -0.2) is 4.98 Å². The predicted octanol–water partition coefficient (Wildman–Crippen LogP) is 2.97. The molecule has 2 aromatic rings. The maximum atomic E-state index is 12.1. The van der Waals surface area contributed by atoms with Gasteiger partial charge in [0.2, 0.25) is 0 Å². The van der Waals surface area contributed by atoms with E-state index in [9.17, 15) is 4.79 Å². The number of hydrogen-bond acceptors (Lipinski definition) is 4. The van der Waals surface area contributed by atoms with Crippen LogP contribution in [-0.2, 0) is 0 Å². The highest BCUT2D eigenvalue weighted by Crippen LogP contribution is 2.23. The molecule has 0 spiro atoms. The summed E-state index contributed by atoms with van der Waals surface area (Å²) in [6.07, 6.45) is 1.52. The summed E-state index contributed by atoms with van der Waals surface area (Å²) >= 11 is 5.76. The van der Waals surface area contributed by atoms with Gasteiger partial charge in [-0.05, 0) is 37.3 Å². The van der Waals surface area contributed by atoms with Crippen LogP contribution in [0.1, 0.15) is 17.3 Å². The van der Waals surface area contributed by atoms with Gasteiger partial charge in [-0.3, -0.25) is 4.79 Å². The first-order valence-electron chi connectivity index (χ1n) is 6.05. The number of benzene rings is 1. The Morgan fingerprint density at radius 2 is 2.20 bits per heavy atom. The number of nitrogen functional groups attached to an aromatic ring is 1. The number of carbonyl (C=O) groups is 1. The third-order valence-electron chi connectivity index (χ3n) is 2.56. The Bertz CT molecular complexity index is 632. The lowest BCUT2D eigenvalue weighted by molar-refractivity contribution is 0.102. The Hall–Kier alpha value is -2.27. The van der Waals surface area contributed by atoms with E-state index in [0.29, 0.717) is 34.4 Å². The van der Waals surface area contributed by atoms with Crippen LogP contribution in [0.5, 0.6) is 5.75 Å². The van der Waals surface area contributed by atoms with Gasteiger partial charge < -0.3 is 15.8 Å². The molecular weight excluding hydrogens is 278 g/mol. The summed E-state index contributed by atoms with van der Waals surface area (Å²) in [6.45, 7) is 2.39. The van der Waals surface area contributed by atoms with Crippen LogP contribution < -0.4 is 15.8 Å². The number of ether oxygens (including phenoxy) is 1. The third-order valence-corrected chi connectivity index (χ3v) is 2.76. The minimum atomic E-state index is -0.276. The van der Waals surface area contributed by atoms with Gasteiger partial charge in [-0.1, -0.05) is 11.6 Å². The maximum absolute atomic E-state index is 12.1. The fraction of sp³-hybridized carbons (Fsp3) is 0.143. The average Bonchev–Trinajstić information content (AvgIpc) is 2.41. The summed E-state index contributed by atoms with van der Waals surface area (Å²) in [4.78, 5) is 15.9. The summed E-state index contributed by atoms with van der Waals surface area (Å²) in [5.41, 5.74) is 7.27. The molecule has 0 saturated carbocycles. The number of rotatable bonds is 4. The van der Waals surface area contributed by atoms with Crippen molar-refractivity contribution in [2.24, 2.45) is 0 Å². The molecule has 0 unspecified atom stereocenters. The van der Waals surface area contributed by atoms with E-state index in [1.54, 1.807) is 30.3 Å². The van der Waals surface area contributed by atoms with Crippen molar-refractivity contribution in [1.29, 1.82) is 0 Å². The molecule has 0 aliphatic rings. The summed E-state index contributed by atoms with van der Waals surface area (Å²) in [5, 5.41) is 3.03. The van der Waals surface area contributed by atoms with Gasteiger partial charge in [-0.2, -0.15) is 0 Å². The van der Waals surface area contributed by atoms with E-state index in [0.717, 1.165) is 0 Å². The summed E-state index contributed by atoms with van der Waals surface area (Å²) < 4.78 is 5.32. The second-order valence-electron chi connectivity index (χ2n) is 4.01. The average molecular weight is 292 g/mol. The molecule has 3 N–H and O–H groups in total. The molecule has 1 amide bonds. The van der Waals surface area contributed by atoms with E-state index >= 15 is 0 Å². The van der Waals surface area contributed by atoms with Crippen molar-refractivity contribution < 1.29 is 9.53 Å². The maximum Gasteiger partial charge on any atom is 0.255 e. The normalized spacial score (nSPS) is 10.1. The minimum Gasteiger partial charge on any atom is -0.492 e. The minimum absolute atomic E-state index is 0.276. The fourth-order valence-electron chi connectivity index (χ4n) is 1.66. The largest absolute Gasteiger partial charge is 0.492 e. The van der Waals surface area contributed by atoms with Crippen LogP contribution in [0.3, 0.4) is 0 Å². The van der Waals surface area contributed by atoms with E-state index in [2.05, 4.69) is 10.3 Å². The van der Waals surface area contributed by atoms with Gasteiger partial charge in [-0.15, -0.1) is 0 Å². The van der Waals surface area contributed by atoms with Crippen LogP contribution in [0.25, 0.3) is 0 Å². The zero-order chi connectivity index (χ0) is 14.5. The lowest BCUT2D eigenvalue weighted by Gasteiger charge is -2.09. The molecule has 1 heterocycles. The molecule has 0 atom stereocenters. The van der Waals surface area contributed by atoms with Crippen LogP contribution >= 0.6 is 11.6 Å². The zero-order valence-corrected chi connectivity index (χ0v) is 11.6. The number of amides is 1. The summed E-state index contributed by atoms with van der Waals surface area (Å²) in [7, 11) is 0. The van der Waals surface area contributed by atoms with E-state index < -0.39 is 0 Å². The molecular formula is C14H14ClN3O2. The summed E-state index contributed by atoms with van der Waals surface area (Å²) in [5.74, 6) is 0.290. The predicted molar refractivity (Wildman–Crippen MR) is 79.2 cm³/mol.